The highest BCUT2D eigenvalue weighted by molar-refractivity contribution is 5.86. The predicted molar refractivity (Wildman–Crippen MR) is 133 cm³/mol. The Kier molecular flexibility index (Phi) is 7.23. The first kappa shape index (κ1) is 22.8. The second-order valence-electron chi connectivity index (χ2n) is 8.69. The fourth-order valence-electron chi connectivity index (χ4n) is 4.54. The van der Waals surface area contributed by atoms with Crippen molar-refractivity contribution in [3.8, 4) is 0 Å². The molecule has 0 saturated carbocycles. The third-order valence-electron chi connectivity index (χ3n) is 6.31. The number of halogens is 1. The molecule has 0 fully saturated rings. The van der Waals surface area contributed by atoms with Gasteiger partial charge in [-0.3, -0.25) is 4.79 Å². The number of carbonyl (C=O) groups excluding carboxylic acids is 1. The Morgan fingerprint density at radius 1 is 0.970 bits per heavy atom. The summed E-state index contributed by atoms with van der Waals surface area (Å²) in [4.78, 5) is 13.1. The maximum absolute atomic E-state index is 13.6. The molecule has 0 bridgehead atoms. The van der Waals surface area contributed by atoms with Gasteiger partial charge in [0.1, 0.15) is 5.82 Å². The fraction of sp³-hybridized carbons (Fsp3) is 0.276. The fourth-order valence-corrected chi connectivity index (χ4v) is 4.54. The maximum Gasteiger partial charge on any atom is 0.221 e. The lowest BCUT2D eigenvalue weighted by Gasteiger charge is -2.20. The van der Waals surface area contributed by atoms with Crippen molar-refractivity contribution in [2.45, 2.75) is 51.6 Å². The number of nitrogens with zero attached hydrogens (tertiary/aromatic N) is 1. The van der Waals surface area contributed by atoms with Gasteiger partial charge in [0.2, 0.25) is 5.91 Å². The Labute approximate surface area is 195 Å². The van der Waals surface area contributed by atoms with E-state index in [0.717, 1.165) is 41.4 Å². The highest BCUT2D eigenvalue weighted by Gasteiger charge is 2.23. The molecule has 2 unspecified atom stereocenters. The van der Waals surface area contributed by atoms with Crippen molar-refractivity contribution in [1.82, 2.24) is 9.88 Å². The minimum absolute atomic E-state index is 0.0122. The zero-order valence-electron chi connectivity index (χ0n) is 19.3. The summed E-state index contributed by atoms with van der Waals surface area (Å²) >= 11 is 0. The standard InChI is InChI=1S/C29H31FN2O/c1-3-32-20-27(25-11-7-8-12-28(25)32)26(23-15-17-24(30)18-16-23)19-29(33)31-21(2)13-14-22-9-5-4-6-10-22/h4-12,15-18,20-21,26H,3,13-14,19H2,1-2H3,(H,31,33). The van der Waals surface area contributed by atoms with Crippen molar-refractivity contribution in [3.05, 3.63) is 108 Å². The molecule has 1 amide bonds. The smallest absolute Gasteiger partial charge is 0.221 e. The minimum atomic E-state index is -0.271. The minimum Gasteiger partial charge on any atom is -0.354 e. The van der Waals surface area contributed by atoms with E-state index in [0.29, 0.717) is 6.42 Å². The number of aromatic nitrogens is 1. The van der Waals surface area contributed by atoms with Gasteiger partial charge < -0.3 is 9.88 Å². The van der Waals surface area contributed by atoms with Gasteiger partial charge in [-0.05, 0) is 61.6 Å². The molecule has 0 spiro atoms. The molecular formula is C29H31FN2O. The lowest BCUT2D eigenvalue weighted by Crippen LogP contribution is -2.33. The van der Waals surface area contributed by atoms with E-state index in [9.17, 15) is 9.18 Å². The predicted octanol–water partition coefficient (Wildman–Crippen LogP) is 6.46. The van der Waals surface area contributed by atoms with Gasteiger partial charge in [0.15, 0.2) is 0 Å². The van der Waals surface area contributed by atoms with E-state index in [1.54, 1.807) is 12.1 Å². The summed E-state index contributed by atoms with van der Waals surface area (Å²) in [5.74, 6) is -0.407. The Morgan fingerprint density at radius 3 is 2.39 bits per heavy atom. The van der Waals surface area contributed by atoms with Crippen molar-refractivity contribution < 1.29 is 9.18 Å². The Hall–Kier alpha value is -3.40. The van der Waals surface area contributed by atoms with Gasteiger partial charge in [-0.1, -0.05) is 60.7 Å². The molecule has 1 N–H and O–H groups in total. The van der Waals surface area contributed by atoms with Crippen LogP contribution in [0.5, 0.6) is 0 Å². The highest BCUT2D eigenvalue weighted by Crippen LogP contribution is 2.35. The van der Waals surface area contributed by atoms with Crippen LogP contribution < -0.4 is 5.32 Å². The van der Waals surface area contributed by atoms with E-state index < -0.39 is 0 Å². The zero-order valence-corrected chi connectivity index (χ0v) is 19.3. The Bertz CT molecular complexity index is 1200. The summed E-state index contributed by atoms with van der Waals surface area (Å²) in [6, 6.07) is 25.2. The number of fused-ring (bicyclic) bond motifs is 1. The van der Waals surface area contributed by atoms with Gasteiger partial charge in [-0.2, -0.15) is 0 Å². The second-order valence-corrected chi connectivity index (χ2v) is 8.69. The van der Waals surface area contributed by atoms with Crippen LogP contribution in [0.3, 0.4) is 0 Å². The van der Waals surface area contributed by atoms with Crippen molar-refractivity contribution in [1.29, 1.82) is 0 Å². The number of hydrogen-bond acceptors (Lipinski definition) is 1. The van der Waals surface area contributed by atoms with E-state index in [2.05, 4.69) is 54.2 Å². The number of para-hydroxylation sites is 1. The van der Waals surface area contributed by atoms with Crippen LogP contribution in [0.15, 0.2) is 85.1 Å². The third kappa shape index (κ3) is 5.51. The van der Waals surface area contributed by atoms with Crippen LogP contribution in [-0.2, 0) is 17.8 Å². The van der Waals surface area contributed by atoms with Gasteiger partial charge in [0.05, 0.1) is 0 Å². The molecule has 2 atom stereocenters. The lowest BCUT2D eigenvalue weighted by atomic mass is 9.88. The average molecular weight is 443 g/mol. The van der Waals surface area contributed by atoms with Crippen LogP contribution in [0.2, 0.25) is 0 Å². The van der Waals surface area contributed by atoms with Crippen molar-refractivity contribution >= 4 is 16.8 Å². The number of amides is 1. The molecule has 0 saturated heterocycles. The van der Waals surface area contributed by atoms with Gasteiger partial charge >= 0.3 is 0 Å². The molecule has 0 aliphatic carbocycles. The van der Waals surface area contributed by atoms with Crippen LogP contribution in [0.4, 0.5) is 4.39 Å². The van der Waals surface area contributed by atoms with Gasteiger partial charge in [-0.15, -0.1) is 0 Å². The van der Waals surface area contributed by atoms with Crippen molar-refractivity contribution in [2.75, 3.05) is 0 Å². The summed E-state index contributed by atoms with van der Waals surface area (Å²) < 4.78 is 15.8. The van der Waals surface area contributed by atoms with Gasteiger partial charge in [0, 0.05) is 42.0 Å². The number of benzene rings is 3. The number of hydrogen-bond donors (Lipinski definition) is 1. The third-order valence-corrected chi connectivity index (χ3v) is 6.31. The largest absolute Gasteiger partial charge is 0.354 e. The molecule has 33 heavy (non-hydrogen) atoms. The van der Waals surface area contributed by atoms with E-state index in [1.807, 2.05) is 30.3 Å². The monoisotopic (exact) mass is 442 g/mol. The first-order valence-corrected chi connectivity index (χ1v) is 11.7. The van der Waals surface area contributed by atoms with Crippen molar-refractivity contribution in [3.63, 3.8) is 0 Å². The second kappa shape index (κ2) is 10.5. The van der Waals surface area contributed by atoms with Crippen LogP contribution in [0, 0.1) is 5.82 Å². The molecule has 4 heteroatoms. The van der Waals surface area contributed by atoms with Crippen molar-refractivity contribution in [2.24, 2.45) is 0 Å². The number of aryl methyl sites for hydroxylation is 2. The topological polar surface area (TPSA) is 34.0 Å². The number of rotatable bonds is 9. The molecule has 0 aliphatic rings. The van der Waals surface area contributed by atoms with E-state index in [-0.39, 0.29) is 23.7 Å². The molecule has 1 heterocycles. The Balaban J connectivity index is 1.55. The Morgan fingerprint density at radius 2 is 1.67 bits per heavy atom. The van der Waals surface area contributed by atoms with E-state index in [4.69, 9.17) is 0 Å². The molecule has 0 radical (unpaired) electrons. The molecule has 1 aromatic heterocycles. The maximum atomic E-state index is 13.6. The lowest BCUT2D eigenvalue weighted by molar-refractivity contribution is -0.121. The molecular weight excluding hydrogens is 411 g/mol. The van der Waals surface area contributed by atoms with E-state index >= 15 is 0 Å². The van der Waals surface area contributed by atoms with Gasteiger partial charge in [0.25, 0.3) is 0 Å². The molecule has 3 nitrogen and oxygen atoms in total. The van der Waals surface area contributed by atoms with Crippen LogP contribution >= 0.6 is 0 Å². The molecule has 4 rings (SSSR count). The first-order chi connectivity index (χ1) is 16.0. The molecule has 4 aromatic rings. The number of carbonyl (C=O) groups is 1. The normalized spacial score (nSPS) is 13.1. The summed E-state index contributed by atoms with van der Waals surface area (Å²) in [6.45, 7) is 5.01. The SMILES string of the molecule is CCn1cc(C(CC(=O)NC(C)CCc2ccccc2)c2ccc(F)cc2)c2ccccc21. The zero-order chi connectivity index (χ0) is 23.2. The number of nitrogens with one attached hydrogen (secondary N) is 1. The summed E-state index contributed by atoms with van der Waals surface area (Å²) in [6.07, 6.45) is 4.27. The summed E-state index contributed by atoms with van der Waals surface area (Å²) in [5, 5.41) is 4.32. The van der Waals surface area contributed by atoms with E-state index in [1.165, 1.54) is 17.7 Å². The molecule has 170 valence electrons. The van der Waals surface area contributed by atoms with Crippen LogP contribution in [0.25, 0.3) is 10.9 Å². The average Bonchev–Trinajstić information content (AvgIpc) is 3.21. The van der Waals surface area contributed by atoms with Crippen LogP contribution in [-0.4, -0.2) is 16.5 Å². The molecule has 3 aromatic carbocycles. The van der Waals surface area contributed by atoms with Gasteiger partial charge in [-0.25, -0.2) is 4.39 Å². The summed E-state index contributed by atoms with van der Waals surface area (Å²) in [5.41, 5.74) is 4.47. The summed E-state index contributed by atoms with van der Waals surface area (Å²) in [7, 11) is 0. The quantitative estimate of drug-likeness (QED) is 0.317. The molecule has 0 aliphatic heterocycles. The van der Waals surface area contributed by atoms with Crippen LogP contribution in [0.1, 0.15) is 49.3 Å². The first-order valence-electron chi connectivity index (χ1n) is 11.7. The highest BCUT2D eigenvalue weighted by atomic mass is 19.1.